The van der Waals surface area contributed by atoms with Crippen molar-refractivity contribution in [2.45, 2.75) is 60.8 Å². The molecule has 21 heavy (non-hydrogen) atoms. The Kier molecular flexibility index (Phi) is 11.3. The van der Waals surface area contributed by atoms with Gasteiger partial charge in [0.15, 0.2) is 0 Å². The smallest absolute Gasteiger partial charge is 0.0181 e. The number of aryl methyl sites for hydroxylation is 2. The predicted octanol–water partition coefficient (Wildman–Crippen LogP) is 7.06. The number of rotatable bonds is 2. The van der Waals surface area contributed by atoms with Gasteiger partial charge in [0.1, 0.15) is 0 Å². The zero-order valence-electron chi connectivity index (χ0n) is 14.7. The summed E-state index contributed by atoms with van der Waals surface area (Å²) in [4.78, 5) is 0. The van der Waals surface area contributed by atoms with Gasteiger partial charge in [0.25, 0.3) is 0 Å². The van der Waals surface area contributed by atoms with Gasteiger partial charge in [0.2, 0.25) is 0 Å². The van der Waals surface area contributed by atoms with Gasteiger partial charge >= 0.3 is 0 Å². The van der Waals surface area contributed by atoms with Crippen LogP contribution in [0.1, 0.15) is 58.6 Å². The molecule has 0 unspecified atom stereocenters. The van der Waals surface area contributed by atoms with Gasteiger partial charge in [0.05, 0.1) is 0 Å². The summed E-state index contributed by atoms with van der Waals surface area (Å²) in [5.74, 6) is 0. The molecule has 0 N–H and O–H groups in total. The first kappa shape index (κ1) is 19.4. The lowest BCUT2D eigenvalue weighted by atomic mass is 10.0. The largest absolute Gasteiger partial charge is 0.0656 e. The Morgan fingerprint density at radius 1 is 0.667 bits per heavy atom. The van der Waals surface area contributed by atoms with E-state index >= 15 is 0 Å². The van der Waals surface area contributed by atoms with Gasteiger partial charge in [-0.15, -0.1) is 0 Å². The maximum atomic E-state index is 2.27. The van der Waals surface area contributed by atoms with Crippen LogP contribution in [-0.2, 0) is 6.42 Å². The fraction of sp³-hybridized carbons (Fsp3) is 0.429. The summed E-state index contributed by atoms with van der Waals surface area (Å²) in [6.45, 7) is 12.8. The average molecular weight is 284 g/mol. The second-order valence-electron chi connectivity index (χ2n) is 5.34. The molecular formula is C21H32. The highest BCUT2D eigenvalue weighted by Gasteiger charge is 1.98. The van der Waals surface area contributed by atoms with E-state index < -0.39 is 0 Å². The third-order valence-electron chi connectivity index (χ3n) is 2.69. The highest BCUT2D eigenvalue weighted by atomic mass is 14.0. The van der Waals surface area contributed by atoms with Crippen LogP contribution in [0.3, 0.4) is 0 Å². The molecule has 0 aliphatic heterocycles. The molecule has 0 aromatic heterocycles. The Labute approximate surface area is 132 Å². The van der Waals surface area contributed by atoms with Crippen LogP contribution in [-0.4, -0.2) is 0 Å². The summed E-state index contributed by atoms with van der Waals surface area (Å²) >= 11 is 0. The van der Waals surface area contributed by atoms with Crippen molar-refractivity contribution in [3.63, 3.8) is 0 Å². The lowest BCUT2D eigenvalue weighted by Crippen LogP contribution is -1.83. The van der Waals surface area contributed by atoms with Crippen LogP contribution in [0.2, 0.25) is 0 Å². The van der Waals surface area contributed by atoms with Crippen LogP contribution >= 0.6 is 0 Å². The van der Waals surface area contributed by atoms with E-state index in [-0.39, 0.29) is 0 Å². The van der Waals surface area contributed by atoms with Gasteiger partial charge in [0, 0.05) is 0 Å². The first-order chi connectivity index (χ1) is 10.1. The van der Waals surface area contributed by atoms with Gasteiger partial charge in [-0.05, 0) is 30.0 Å². The van der Waals surface area contributed by atoms with E-state index in [9.17, 15) is 0 Å². The van der Waals surface area contributed by atoms with Gasteiger partial charge in [-0.1, -0.05) is 102 Å². The van der Waals surface area contributed by atoms with Crippen LogP contribution in [0.4, 0.5) is 0 Å². The molecule has 0 nitrogen and oxygen atoms in total. The number of hydrogen-bond donors (Lipinski definition) is 0. The SMILES string of the molecule is CCC.CCC.CCc1cccc(-c2cccc(C)c2)c1. The molecule has 2 rings (SSSR count). The molecule has 0 heterocycles. The van der Waals surface area contributed by atoms with Crippen molar-refractivity contribution in [1.82, 2.24) is 0 Å². The molecule has 0 aliphatic carbocycles. The Morgan fingerprint density at radius 3 is 1.62 bits per heavy atom. The zero-order valence-corrected chi connectivity index (χ0v) is 14.7. The van der Waals surface area contributed by atoms with E-state index in [1.807, 2.05) is 0 Å². The topological polar surface area (TPSA) is 0 Å². The Morgan fingerprint density at radius 2 is 1.14 bits per heavy atom. The minimum atomic E-state index is 1.10. The highest BCUT2D eigenvalue weighted by molar-refractivity contribution is 5.64. The van der Waals surface area contributed by atoms with Crippen molar-refractivity contribution in [3.8, 4) is 11.1 Å². The minimum Gasteiger partial charge on any atom is -0.0656 e. The van der Waals surface area contributed by atoms with Gasteiger partial charge in [-0.3, -0.25) is 0 Å². The molecule has 2 aromatic rings. The molecular weight excluding hydrogens is 252 g/mol. The molecule has 0 fully saturated rings. The average Bonchev–Trinajstić information content (AvgIpc) is 2.49. The molecule has 0 spiro atoms. The summed E-state index contributed by atoms with van der Waals surface area (Å²) in [6, 6.07) is 17.4. The van der Waals surface area contributed by atoms with E-state index in [4.69, 9.17) is 0 Å². The van der Waals surface area contributed by atoms with Gasteiger partial charge < -0.3 is 0 Å². The standard InChI is InChI=1S/C15H16.2C3H8/c1-3-13-7-5-9-15(11-13)14-8-4-6-12(2)10-14;2*1-3-2/h4-11H,3H2,1-2H3;2*3H2,1-2H3. The van der Waals surface area contributed by atoms with Crippen LogP contribution in [0.15, 0.2) is 48.5 Å². The van der Waals surface area contributed by atoms with Crippen molar-refractivity contribution in [2.24, 2.45) is 0 Å². The van der Waals surface area contributed by atoms with Crippen molar-refractivity contribution in [2.75, 3.05) is 0 Å². The summed E-state index contributed by atoms with van der Waals surface area (Å²) in [6.07, 6.45) is 3.60. The quantitative estimate of drug-likeness (QED) is 0.554. The molecule has 0 aliphatic rings. The fourth-order valence-electron chi connectivity index (χ4n) is 1.80. The molecule has 0 amide bonds. The van der Waals surface area contributed by atoms with Crippen LogP contribution in [0.5, 0.6) is 0 Å². The Hall–Kier alpha value is -1.56. The highest BCUT2D eigenvalue weighted by Crippen LogP contribution is 2.21. The summed E-state index contributed by atoms with van der Waals surface area (Å²) in [7, 11) is 0. The second kappa shape index (κ2) is 12.2. The molecule has 0 heteroatoms. The molecule has 0 radical (unpaired) electrons. The minimum absolute atomic E-state index is 1.10. The second-order valence-corrected chi connectivity index (χ2v) is 5.34. The molecule has 116 valence electrons. The van der Waals surface area contributed by atoms with E-state index in [1.54, 1.807) is 0 Å². The van der Waals surface area contributed by atoms with Crippen LogP contribution < -0.4 is 0 Å². The summed E-state index contributed by atoms with van der Waals surface area (Å²) in [5, 5.41) is 0. The molecule has 0 saturated heterocycles. The van der Waals surface area contributed by atoms with E-state index in [0.29, 0.717) is 0 Å². The first-order valence-electron chi connectivity index (χ1n) is 8.28. The first-order valence-corrected chi connectivity index (χ1v) is 8.28. The fourth-order valence-corrected chi connectivity index (χ4v) is 1.80. The van der Waals surface area contributed by atoms with E-state index in [1.165, 1.54) is 35.1 Å². The van der Waals surface area contributed by atoms with Crippen LogP contribution in [0, 0.1) is 6.92 Å². The van der Waals surface area contributed by atoms with Crippen molar-refractivity contribution < 1.29 is 0 Å². The normalized spacial score (nSPS) is 9.05. The summed E-state index contributed by atoms with van der Waals surface area (Å²) < 4.78 is 0. The van der Waals surface area contributed by atoms with Crippen molar-refractivity contribution in [1.29, 1.82) is 0 Å². The Balaban J connectivity index is 0.000000578. The third kappa shape index (κ3) is 8.34. The van der Waals surface area contributed by atoms with Crippen LogP contribution in [0.25, 0.3) is 11.1 Å². The van der Waals surface area contributed by atoms with Crippen molar-refractivity contribution in [3.05, 3.63) is 59.7 Å². The lowest BCUT2D eigenvalue weighted by molar-refractivity contribution is 1.09. The molecule has 0 bridgehead atoms. The maximum Gasteiger partial charge on any atom is -0.0181 e. The zero-order chi connectivity index (χ0) is 16.1. The van der Waals surface area contributed by atoms with Gasteiger partial charge in [-0.25, -0.2) is 0 Å². The number of hydrogen-bond acceptors (Lipinski definition) is 0. The monoisotopic (exact) mass is 284 g/mol. The maximum absolute atomic E-state index is 2.27. The molecule has 0 saturated carbocycles. The Bertz CT molecular complexity index is 481. The molecule has 0 atom stereocenters. The van der Waals surface area contributed by atoms with Gasteiger partial charge in [-0.2, -0.15) is 0 Å². The van der Waals surface area contributed by atoms with E-state index in [2.05, 4.69) is 90.1 Å². The lowest BCUT2D eigenvalue weighted by Gasteiger charge is -2.04. The predicted molar refractivity (Wildman–Crippen MR) is 97.9 cm³/mol. The summed E-state index contributed by atoms with van der Waals surface area (Å²) in [5.41, 5.74) is 5.34. The van der Waals surface area contributed by atoms with Crippen molar-refractivity contribution >= 4 is 0 Å². The molecule has 2 aromatic carbocycles. The van der Waals surface area contributed by atoms with E-state index in [0.717, 1.165) is 6.42 Å². The number of benzene rings is 2. The third-order valence-corrected chi connectivity index (χ3v) is 2.69.